The van der Waals surface area contributed by atoms with E-state index in [1.54, 1.807) is 0 Å². The van der Waals surface area contributed by atoms with Crippen LogP contribution >= 0.6 is 0 Å². The van der Waals surface area contributed by atoms with E-state index in [1.807, 2.05) is 75.5 Å². The lowest BCUT2D eigenvalue weighted by atomic mass is 9.84. The van der Waals surface area contributed by atoms with Crippen LogP contribution in [0.4, 0.5) is 0 Å². The molecule has 0 saturated carbocycles. The molecule has 0 fully saturated rings. The first-order valence-electron chi connectivity index (χ1n) is 8.67. The number of rotatable bonds is 5. The monoisotopic (exact) mass is 345 g/mol. The first-order chi connectivity index (χ1) is 12.6. The standard InChI is InChI=1S/C22H23N3O/c1-15-20(13-23)21(22(24-3)16(2)25-15)18-9-11-19(12-10-18)26-14-17-7-5-4-6-8-17/h4-12,21,24-25H,14H2,1-3H3. The van der Waals surface area contributed by atoms with Crippen molar-refractivity contribution in [3.63, 3.8) is 0 Å². The normalized spacial score (nSPS) is 16.8. The molecule has 1 atom stereocenters. The quantitative estimate of drug-likeness (QED) is 0.853. The van der Waals surface area contributed by atoms with Crippen LogP contribution in [0.3, 0.4) is 0 Å². The van der Waals surface area contributed by atoms with Gasteiger partial charge in [0.25, 0.3) is 0 Å². The van der Waals surface area contributed by atoms with Crippen LogP contribution in [0, 0.1) is 11.3 Å². The molecule has 1 aliphatic rings. The Morgan fingerprint density at radius 3 is 2.35 bits per heavy atom. The molecule has 1 heterocycles. The molecule has 2 aromatic rings. The highest BCUT2D eigenvalue weighted by molar-refractivity contribution is 5.51. The summed E-state index contributed by atoms with van der Waals surface area (Å²) < 4.78 is 5.87. The van der Waals surface area contributed by atoms with Gasteiger partial charge in [-0.3, -0.25) is 0 Å². The highest BCUT2D eigenvalue weighted by atomic mass is 16.5. The summed E-state index contributed by atoms with van der Waals surface area (Å²) in [5.41, 5.74) is 5.90. The fraction of sp³-hybridized carbons (Fsp3) is 0.227. The first kappa shape index (κ1) is 17.6. The fourth-order valence-corrected chi connectivity index (χ4v) is 3.30. The molecular weight excluding hydrogens is 322 g/mol. The summed E-state index contributed by atoms with van der Waals surface area (Å²) in [6.07, 6.45) is 0. The van der Waals surface area contributed by atoms with Gasteiger partial charge < -0.3 is 15.4 Å². The van der Waals surface area contributed by atoms with E-state index in [1.165, 1.54) is 0 Å². The molecule has 3 rings (SSSR count). The van der Waals surface area contributed by atoms with Crippen LogP contribution < -0.4 is 15.4 Å². The maximum Gasteiger partial charge on any atom is 0.119 e. The number of benzene rings is 2. The molecule has 2 N–H and O–H groups in total. The summed E-state index contributed by atoms with van der Waals surface area (Å²) in [5, 5.41) is 16.2. The van der Waals surface area contributed by atoms with Gasteiger partial charge in [0, 0.05) is 24.1 Å². The third-order valence-corrected chi connectivity index (χ3v) is 4.61. The number of nitriles is 1. The van der Waals surface area contributed by atoms with Crippen molar-refractivity contribution in [3.05, 3.63) is 88.4 Å². The van der Waals surface area contributed by atoms with Crippen LogP contribution in [0.2, 0.25) is 0 Å². The predicted molar refractivity (Wildman–Crippen MR) is 103 cm³/mol. The third-order valence-electron chi connectivity index (χ3n) is 4.61. The minimum atomic E-state index is -0.0885. The summed E-state index contributed by atoms with van der Waals surface area (Å²) in [6.45, 7) is 4.50. The zero-order valence-corrected chi connectivity index (χ0v) is 15.3. The molecule has 1 unspecified atom stereocenters. The topological polar surface area (TPSA) is 57.1 Å². The van der Waals surface area contributed by atoms with Crippen LogP contribution in [0.25, 0.3) is 0 Å². The van der Waals surface area contributed by atoms with E-state index < -0.39 is 0 Å². The van der Waals surface area contributed by atoms with Gasteiger partial charge in [-0.15, -0.1) is 0 Å². The summed E-state index contributed by atoms with van der Waals surface area (Å²) in [4.78, 5) is 0. The lowest BCUT2D eigenvalue weighted by Gasteiger charge is -2.29. The van der Waals surface area contributed by atoms with Crippen LogP contribution in [0.1, 0.15) is 30.9 Å². The molecule has 0 aromatic heterocycles. The van der Waals surface area contributed by atoms with Gasteiger partial charge in [-0.2, -0.15) is 5.26 Å². The molecule has 2 aromatic carbocycles. The maximum atomic E-state index is 9.63. The number of nitrogens with zero attached hydrogens (tertiary/aromatic N) is 1. The number of hydrogen-bond donors (Lipinski definition) is 2. The maximum absolute atomic E-state index is 9.63. The second-order valence-corrected chi connectivity index (χ2v) is 6.34. The van der Waals surface area contributed by atoms with Crippen molar-refractivity contribution in [2.75, 3.05) is 7.05 Å². The van der Waals surface area contributed by atoms with Crippen molar-refractivity contribution in [2.24, 2.45) is 0 Å². The zero-order valence-electron chi connectivity index (χ0n) is 15.3. The molecule has 0 aliphatic carbocycles. The SMILES string of the molecule is CNC1=C(C)NC(C)=C(C#N)C1c1ccc(OCc2ccccc2)cc1. The van der Waals surface area contributed by atoms with Gasteiger partial charge in [-0.05, 0) is 37.1 Å². The van der Waals surface area contributed by atoms with Crippen LogP contribution in [-0.4, -0.2) is 7.05 Å². The van der Waals surface area contributed by atoms with E-state index >= 15 is 0 Å². The summed E-state index contributed by atoms with van der Waals surface area (Å²) in [7, 11) is 1.89. The van der Waals surface area contributed by atoms with Gasteiger partial charge >= 0.3 is 0 Å². The van der Waals surface area contributed by atoms with Crippen molar-refractivity contribution >= 4 is 0 Å². The lowest BCUT2D eigenvalue weighted by Crippen LogP contribution is -2.29. The fourth-order valence-electron chi connectivity index (χ4n) is 3.30. The second-order valence-electron chi connectivity index (χ2n) is 6.34. The molecule has 26 heavy (non-hydrogen) atoms. The van der Waals surface area contributed by atoms with E-state index in [-0.39, 0.29) is 5.92 Å². The van der Waals surface area contributed by atoms with Gasteiger partial charge in [-0.25, -0.2) is 0 Å². The Kier molecular flexibility index (Phi) is 5.28. The molecule has 0 amide bonds. The van der Waals surface area contributed by atoms with Gasteiger partial charge in [0.05, 0.1) is 17.6 Å². The molecule has 0 bridgehead atoms. The molecule has 4 nitrogen and oxygen atoms in total. The number of hydrogen-bond acceptors (Lipinski definition) is 4. The minimum absolute atomic E-state index is 0.0885. The van der Waals surface area contributed by atoms with E-state index in [0.717, 1.165) is 39.5 Å². The molecule has 0 radical (unpaired) electrons. The van der Waals surface area contributed by atoms with Crippen molar-refractivity contribution < 1.29 is 4.74 Å². The van der Waals surface area contributed by atoms with Crippen LogP contribution in [0.15, 0.2) is 77.3 Å². The van der Waals surface area contributed by atoms with Gasteiger partial charge in [0.1, 0.15) is 12.4 Å². The zero-order chi connectivity index (χ0) is 18.5. The van der Waals surface area contributed by atoms with Gasteiger partial charge in [-0.1, -0.05) is 42.5 Å². The van der Waals surface area contributed by atoms with E-state index in [2.05, 4.69) is 16.7 Å². The average molecular weight is 345 g/mol. The molecule has 0 saturated heterocycles. The molecule has 132 valence electrons. The average Bonchev–Trinajstić information content (AvgIpc) is 2.67. The van der Waals surface area contributed by atoms with E-state index in [9.17, 15) is 5.26 Å². The number of ether oxygens (including phenoxy) is 1. The Morgan fingerprint density at radius 1 is 1.04 bits per heavy atom. The molecule has 4 heteroatoms. The highest BCUT2D eigenvalue weighted by Crippen LogP contribution is 2.36. The van der Waals surface area contributed by atoms with Crippen molar-refractivity contribution in [2.45, 2.75) is 26.4 Å². The minimum Gasteiger partial charge on any atom is -0.489 e. The highest BCUT2D eigenvalue weighted by Gasteiger charge is 2.28. The summed E-state index contributed by atoms with van der Waals surface area (Å²) >= 11 is 0. The second kappa shape index (κ2) is 7.79. The molecular formula is C22H23N3O. The Hall–Kier alpha value is -3.19. The number of dihydropyridines is 1. The number of nitrogens with one attached hydrogen (secondary N) is 2. The Bertz CT molecular complexity index is 874. The Morgan fingerprint density at radius 2 is 1.73 bits per heavy atom. The van der Waals surface area contributed by atoms with Crippen LogP contribution in [0.5, 0.6) is 5.75 Å². The molecule has 1 aliphatic heterocycles. The van der Waals surface area contributed by atoms with Crippen molar-refractivity contribution in [3.8, 4) is 11.8 Å². The Labute approximate surface area is 154 Å². The predicted octanol–water partition coefficient (Wildman–Crippen LogP) is 4.20. The van der Waals surface area contributed by atoms with Gasteiger partial charge in [0.2, 0.25) is 0 Å². The third kappa shape index (κ3) is 3.57. The first-order valence-corrected chi connectivity index (χ1v) is 8.67. The van der Waals surface area contributed by atoms with Crippen molar-refractivity contribution in [1.29, 1.82) is 5.26 Å². The Balaban J connectivity index is 1.82. The summed E-state index contributed by atoms with van der Waals surface area (Å²) in [6, 6.07) is 20.5. The molecule has 0 spiro atoms. The van der Waals surface area contributed by atoms with E-state index in [4.69, 9.17) is 4.74 Å². The number of likely N-dealkylation sites (N-methyl/N-ethyl adjacent to an activating group) is 1. The summed E-state index contributed by atoms with van der Waals surface area (Å²) in [5.74, 6) is 0.729. The smallest absolute Gasteiger partial charge is 0.119 e. The van der Waals surface area contributed by atoms with E-state index in [0.29, 0.717) is 6.61 Å². The lowest BCUT2D eigenvalue weighted by molar-refractivity contribution is 0.306. The van der Waals surface area contributed by atoms with Crippen molar-refractivity contribution in [1.82, 2.24) is 10.6 Å². The van der Waals surface area contributed by atoms with Gasteiger partial charge in [0.15, 0.2) is 0 Å². The van der Waals surface area contributed by atoms with Crippen LogP contribution in [-0.2, 0) is 6.61 Å². The number of allylic oxidation sites excluding steroid dienone is 3. The largest absolute Gasteiger partial charge is 0.489 e.